The first-order chi connectivity index (χ1) is 12.2. The predicted molar refractivity (Wildman–Crippen MR) is 105 cm³/mol. The van der Waals surface area contributed by atoms with E-state index in [4.69, 9.17) is 6.57 Å². The van der Waals surface area contributed by atoms with Crippen molar-refractivity contribution in [1.29, 1.82) is 0 Å². The third-order valence-electron chi connectivity index (χ3n) is 4.96. The van der Waals surface area contributed by atoms with Gasteiger partial charge in [0.15, 0.2) is 6.20 Å². The van der Waals surface area contributed by atoms with Gasteiger partial charge in [-0.1, -0.05) is 11.8 Å². The summed E-state index contributed by atoms with van der Waals surface area (Å²) in [5.41, 5.74) is 5.11. The first-order valence-electron chi connectivity index (χ1n) is 8.15. The summed E-state index contributed by atoms with van der Waals surface area (Å²) in [6, 6.07) is 11.1. The largest absolute Gasteiger partial charge is 0.312 e. The number of benzene rings is 2. The first-order valence-corrected chi connectivity index (χ1v) is 9.84. The standard InChI is InChI=1S/C21H15N2S2/c1-12-15-5-7-24-16(15)10-18-19(12)21-20-14(4-6-23(21)3)8-13(11-22-2)9-17(20)25-18/h4-10H,11H2,1,3H3/q+1. The Morgan fingerprint density at radius 3 is 2.88 bits per heavy atom. The molecule has 2 nitrogen and oxygen atoms in total. The fourth-order valence-corrected chi connectivity index (χ4v) is 6.09. The van der Waals surface area contributed by atoms with Crippen LogP contribution in [0, 0.1) is 13.5 Å². The highest BCUT2D eigenvalue weighted by Crippen LogP contribution is 2.50. The van der Waals surface area contributed by atoms with Crippen molar-refractivity contribution in [3.8, 4) is 11.3 Å². The van der Waals surface area contributed by atoms with Gasteiger partial charge in [0.25, 0.3) is 0 Å². The van der Waals surface area contributed by atoms with E-state index < -0.39 is 0 Å². The van der Waals surface area contributed by atoms with Crippen LogP contribution in [0.2, 0.25) is 0 Å². The summed E-state index contributed by atoms with van der Waals surface area (Å²) in [5, 5.41) is 6.07. The van der Waals surface area contributed by atoms with E-state index in [0.29, 0.717) is 6.54 Å². The number of aromatic nitrogens is 1. The number of hydrogen-bond donors (Lipinski definition) is 0. The summed E-state index contributed by atoms with van der Waals surface area (Å²) in [5.74, 6) is 0. The van der Waals surface area contributed by atoms with Crippen LogP contribution in [0.4, 0.5) is 0 Å². The highest BCUT2D eigenvalue weighted by atomic mass is 32.2. The molecule has 0 unspecified atom stereocenters. The molecule has 0 atom stereocenters. The first kappa shape index (κ1) is 14.9. The number of aryl methyl sites for hydroxylation is 2. The van der Waals surface area contributed by atoms with Gasteiger partial charge in [-0.2, -0.15) is 0 Å². The summed E-state index contributed by atoms with van der Waals surface area (Å²) in [6.07, 6.45) is 2.14. The van der Waals surface area contributed by atoms with Crippen molar-refractivity contribution in [3.63, 3.8) is 0 Å². The smallest absolute Gasteiger partial charge is 0.239 e. The second kappa shape index (κ2) is 5.32. The van der Waals surface area contributed by atoms with Crippen LogP contribution in [-0.4, -0.2) is 0 Å². The molecule has 1 aliphatic rings. The zero-order valence-corrected chi connectivity index (χ0v) is 15.6. The third kappa shape index (κ3) is 2.06. The number of rotatable bonds is 1. The minimum Gasteiger partial charge on any atom is -0.312 e. The minimum atomic E-state index is 0.440. The molecule has 0 N–H and O–H groups in total. The highest BCUT2D eigenvalue weighted by Gasteiger charge is 2.29. The van der Waals surface area contributed by atoms with Crippen LogP contribution in [0.1, 0.15) is 11.1 Å². The molecule has 3 heterocycles. The van der Waals surface area contributed by atoms with E-state index in [-0.39, 0.29) is 0 Å². The van der Waals surface area contributed by atoms with Crippen molar-refractivity contribution >= 4 is 44.0 Å². The summed E-state index contributed by atoms with van der Waals surface area (Å²) in [4.78, 5) is 6.17. The van der Waals surface area contributed by atoms with Crippen LogP contribution >= 0.6 is 23.1 Å². The Morgan fingerprint density at radius 1 is 1.16 bits per heavy atom. The molecule has 0 saturated carbocycles. The highest BCUT2D eigenvalue weighted by molar-refractivity contribution is 7.99. The van der Waals surface area contributed by atoms with Crippen molar-refractivity contribution in [2.45, 2.75) is 23.3 Å². The van der Waals surface area contributed by atoms with Crippen LogP contribution in [0.3, 0.4) is 0 Å². The Hall–Kier alpha value is -2.35. The average molecular weight is 359 g/mol. The summed E-state index contributed by atoms with van der Waals surface area (Å²) in [6.45, 7) is 9.88. The molecular formula is C21H15N2S2+. The molecule has 4 heteroatoms. The normalized spacial score (nSPS) is 12.4. The monoisotopic (exact) mass is 359 g/mol. The van der Waals surface area contributed by atoms with Gasteiger partial charge in [0, 0.05) is 26.1 Å². The Morgan fingerprint density at radius 2 is 2.04 bits per heavy atom. The second-order valence-electron chi connectivity index (χ2n) is 6.46. The van der Waals surface area contributed by atoms with E-state index in [1.807, 2.05) is 11.8 Å². The van der Waals surface area contributed by atoms with Gasteiger partial charge in [-0.05, 0) is 52.9 Å². The van der Waals surface area contributed by atoms with Gasteiger partial charge >= 0.3 is 0 Å². The molecule has 0 aliphatic carbocycles. The maximum Gasteiger partial charge on any atom is 0.239 e. The molecule has 25 heavy (non-hydrogen) atoms. The molecule has 0 bridgehead atoms. The van der Waals surface area contributed by atoms with Gasteiger partial charge in [-0.3, -0.25) is 0 Å². The van der Waals surface area contributed by atoms with Crippen molar-refractivity contribution in [1.82, 2.24) is 0 Å². The van der Waals surface area contributed by atoms with Crippen LogP contribution in [0.5, 0.6) is 0 Å². The number of nitrogens with zero attached hydrogens (tertiary/aromatic N) is 2. The Labute approximate surface area is 154 Å². The molecule has 0 amide bonds. The third-order valence-corrected chi connectivity index (χ3v) is 6.91. The molecular weight excluding hydrogens is 344 g/mol. The number of pyridine rings is 1. The van der Waals surface area contributed by atoms with Gasteiger partial charge < -0.3 is 4.85 Å². The molecule has 5 rings (SSSR count). The molecule has 120 valence electrons. The molecule has 0 radical (unpaired) electrons. The molecule has 4 aromatic rings. The topological polar surface area (TPSA) is 8.24 Å². The van der Waals surface area contributed by atoms with Crippen LogP contribution < -0.4 is 4.57 Å². The number of hydrogen-bond acceptors (Lipinski definition) is 2. The lowest BCUT2D eigenvalue weighted by Crippen LogP contribution is -2.31. The average Bonchev–Trinajstić information content (AvgIpc) is 3.06. The van der Waals surface area contributed by atoms with Crippen molar-refractivity contribution in [2.24, 2.45) is 7.05 Å². The Balaban J connectivity index is 1.94. The lowest BCUT2D eigenvalue weighted by atomic mass is 9.96. The lowest BCUT2D eigenvalue weighted by Gasteiger charge is -2.20. The lowest BCUT2D eigenvalue weighted by molar-refractivity contribution is -0.659. The minimum absolute atomic E-state index is 0.440. The molecule has 1 aliphatic heterocycles. The van der Waals surface area contributed by atoms with Gasteiger partial charge in [0.2, 0.25) is 12.2 Å². The van der Waals surface area contributed by atoms with E-state index in [1.54, 1.807) is 11.3 Å². The van der Waals surface area contributed by atoms with Gasteiger partial charge in [-0.15, -0.1) is 11.3 Å². The van der Waals surface area contributed by atoms with E-state index in [0.717, 1.165) is 5.56 Å². The van der Waals surface area contributed by atoms with E-state index in [1.165, 1.54) is 47.5 Å². The predicted octanol–water partition coefficient (Wildman–Crippen LogP) is 5.74. The summed E-state index contributed by atoms with van der Waals surface area (Å²) in [7, 11) is 2.13. The van der Waals surface area contributed by atoms with Crippen LogP contribution in [-0.2, 0) is 13.6 Å². The fourth-order valence-electron chi connectivity index (χ4n) is 3.84. The summed E-state index contributed by atoms with van der Waals surface area (Å²) < 4.78 is 3.59. The molecule has 2 aromatic heterocycles. The van der Waals surface area contributed by atoms with Gasteiger partial charge in [0.1, 0.15) is 7.05 Å². The zero-order valence-electron chi connectivity index (χ0n) is 14.0. The summed E-state index contributed by atoms with van der Waals surface area (Å²) >= 11 is 3.65. The molecule has 2 aromatic carbocycles. The van der Waals surface area contributed by atoms with E-state index >= 15 is 0 Å². The van der Waals surface area contributed by atoms with E-state index in [2.05, 4.69) is 65.3 Å². The number of fused-ring (bicyclic) bond motifs is 3. The van der Waals surface area contributed by atoms with Crippen LogP contribution in [0.25, 0.3) is 37.0 Å². The maximum atomic E-state index is 7.20. The van der Waals surface area contributed by atoms with Gasteiger partial charge in [0.05, 0.1) is 10.9 Å². The van der Waals surface area contributed by atoms with Crippen molar-refractivity contribution in [3.05, 3.63) is 64.5 Å². The Kier molecular flexibility index (Phi) is 3.18. The fraction of sp³-hybridized carbons (Fsp3) is 0.143. The molecule has 0 fully saturated rings. The molecule has 0 saturated heterocycles. The second-order valence-corrected chi connectivity index (χ2v) is 8.49. The maximum absolute atomic E-state index is 7.20. The molecule has 0 spiro atoms. The van der Waals surface area contributed by atoms with E-state index in [9.17, 15) is 0 Å². The van der Waals surface area contributed by atoms with Crippen LogP contribution in [0.15, 0.2) is 51.7 Å². The van der Waals surface area contributed by atoms with Crippen molar-refractivity contribution < 1.29 is 4.57 Å². The quantitative estimate of drug-likeness (QED) is 0.274. The Bertz CT molecular complexity index is 1230. The van der Waals surface area contributed by atoms with Crippen molar-refractivity contribution in [2.75, 3.05) is 0 Å². The number of thiophene rings is 1. The van der Waals surface area contributed by atoms with Gasteiger partial charge in [-0.25, -0.2) is 11.1 Å². The SMILES string of the molecule is [C-]#[N+]Cc1cc2c3c([n+](C)ccc3c1)-c1c(cc3sccc3c1C)S2. The zero-order chi connectivity index (χ0) is 17.1.